The van der Waals surface area contributed by atoms with E-state index in [0.717, 1.165) is 18.4 Å². The Bertz CT molecular complexity index is 493. The van der Waals surface area contributed by atoms with Gasteiger partial charge in [0.05, 0.1) is 5.69 Å². The van der Waals surface area contributed by atoms with Crippen LogP contribution in [-0.4, -0.2) is 21.5 Å². The van der Waals surface area contributed by atoms with Crippen LogP contribution >= 0.6 is 0 Å². The summed E-state index contributed by atoms with van der Waals surface area (Å²) in [6.07, 6.45) is 1.89. The van der Waals surface area contributed by atoms with Gasteiger partial charge in [-0.25, -0.2) is 13.1 Å². The lowest BCUT2D eigenvalue weighted by Gasteiger charge is -2.11. The van der Waals surface area contributed by atoms with Crippen molar-refractivity contribution in [3.8, 4) is 0 Å². The molecule has 0 aliphatic heterocycles. The van der Waals surface area contributed by atoms with E-state index in [1.165, 1.54) is 0 Å². The molecule has 0 radical (unpaired) electrons. The predicted octanol–water partition coefficient (Wildman–Crippen LogP) is 1.48. The molecule has 0 spiro atoms. The van der Waals surface area contributed by atoms with E-state index in [0.29, 0.717) is 10.6 Å². The number of hydrogen-bond acceptors (Lipinski definition) is 3. The molecule has 1 aromatic carbocycles. The van der Waals surface area contributed by atoms with E-state index in [1.807, 2.05) is 13.0 Å². The van der Waals surface area contributed by atoms with Crippen molar-refractivity contribution in [2.24, 2.45) is 0 Å². The van der Waals surface area contributed by atoms with Crippen LogP contribution in [0.5, 0.6) is 0 Å². The third-order valence-electron chi connectivity index (χ3n) is 2.60. The lowest BCUT2D eigenvalue weighted by Crippen LogP contribution is -2.26. The van der Waals surface area contributed by atoms with Gasteiger partial charge >= 0.3 is 0 Å². The van der Waals surface area contributed by atoms with Crippen molar-refractivity contribution in [1.29, 1.82) is 0 Å². The minimum Gasteiger partial charge on any atom is -0.387 e. The summed E-state index contributed by atoms with van der Waals surface area (Å²) >= 11 is 0. The lowest BCUT2D eigenvalue weighted by atomic mass is 10.2. The molecule has 16 heavy (non-hydrogen) atoms. The fourth-order valence-electron chi connectivity index (χ4n) is 1.54. The normalized spacial score (nSPS) is 16.1. The van der Waals surface area contributed by atoms with Gasteiger partial charge < -0.3 is 5.32 Å². The van der Waals surface area contributed by atoms with Gasteiger partial charge in [-0.15, -0.1) is 0 Å². The summed E-state index contributed by atoms with van der Waals surface area (Å²) in [7, 11) is -1.65. The van der Waals surface area contributed by atoms with Gasteiger partial charge in [-0.3, -0.25) is 0 Å². The molecule has 2 rings (SSSR count). The standard InChI is InChI=1S/C11H16N2O2S/c1-8-3-6-10(12-2)11(7-8)16(14,15)13-9-4-5-9/h3,6-7,9,12-13H,4-5H2,1-2H3. The van der Waals surface area contributed by atoms with E-state index in [-0.39, 0.29) is 6.04 Å². The van der Waals surface area contributed by atoms with E-state index in [2.05, 4.69) is 10.0 Å². The number of sulfonamides is 1. The first-order chi connectivity index (χ1) is 7.53. The Morgan fingerprint density at radius 2 is 2.00 bits per heavy atom. The van der Waals surface area contributed by atoms with Crippen LogP contribution in [0.4, 0.5) is 5.69 Å². The van der Waals surface area contributed by atoms with Gasteiger partial charge in [-0.2, -0.15) is 0 Å². The van der Waals surface area contributed by atoms with E-state index < -0.39 is 10.0 Å². The SMILES string of the molecule is CNc1ccc(C)cc1S(=O)(=O)NC1CC1. The molecule has 1 aliphatic carbocycles. The van der Waals surface area contributed by atoms with E-state index in [9.17, 15) is 8.42 Å². The number of hydrogen-bond donors (Lipinski definition) is 2. The van der Waals surface area contributed by atoms with E-state index in [1.54, 1.807) is 19.2 Å². The Labute approximate surface area is 96.1 Å². The molecular weight excluding hydrogens is 224 g/mol. The predicted molar refractivity (Wildman–Crippen MR) is 64.1 cm³/mol. The Balaban J connectivity index is 2.40. The number of nitrogens with one attached hydrogen (secondary N) is 2. The highest BCUT2D eigenvalue weighted by Gasteiger charge is 2.29. The van der Waals surface area contributed by atoms with Gasteiger partial charge in [0.2, 0.25) is 10.0 Å². The van der Waals surface area contributed by atoms with Crippen molar-refractivity contribution in [2.45, 2.75) is 30.7 Å². The summed E-state index contributed by atoms with van der Waals surface area (Å²) in [5.41, 5.74) is 1.58. The minimum atomic E-state index is -3.37. The maximum Gasteiger partial charge on any atom is 0.242 e. The first kappa shape index (κ1) is 11.4. The Morgan fingerprint density at radius 3 is 2.56 bits per heavy atom. The van der Waals surface area contributed by atoms with Gasteiger partial charge in [0, 0.05) is 13.1 Å². The molecule has 0 saturated heterocycles. The van der Waals surface area contributed by atoms with Crippen molar-refractivity contribution in [3.63, 3.8) is 0 Å². The minimum absolute atomic E-state index is 0.134. The van der Waals surface area contributed by atoms with Crippen LogP contribution in [0.3, 0.4) is 0 Å². The number of aryl methyl sites for hydroxylation is 1. The largest absolute Gasteiger partial charge is 0.387 e. The first-order valence-electron chi connectivity index (χ1n) is 5.33. The van der Waals surface area contributed by atoms with Crippen molar-refractivity contribution in [2.75, 3.05) is 12.4 Å². The quantitative estimate of drug-likeness (QED) is 0.838. The molecule has 0 unspecified atom stereocenters. The molecule has 0 amide bonds. The molecule has 0 aromatic heterocycles. The molecule has 5 heteroatoms. The molecule has 0 bridgehead atoms. The fraction of sp³-hybridized carbons (Fsp3) is 0.455. The van der Waals surface area contributed by atoms with Crippen molar-refractivity contribution >= 4 is 15.7 Å². The molecule has 0 atom stereocenters. The topological polar surface area (TPSA) is 58.2 Å². The summed E-state index contributed by atoms with van der Waals surface area (Å²) in [6.45, 7) is 1.88. The third kappa shape index (κ3) is 2.36. The highest BCUT2D eigenvalue weighted by Crippen LogP contribution is 2.26. The average molecular weight is 240 g/mol. The molecular formula is C11H16N2O2S. The Kier molecular flexibility index (Phi) is 2.90. The number of anilines is 1. The molecule has 0 heterocycles. The summed E-state index contributed by atoms with van der Waals surface area (Å²) in [6, 6.07) is 5.50. The van der Waals surface area contributed by atoms with Crippen LogP contribution in [0.1, 0.15) is 18.4 Å². The van der Waals surface area contributed by atoms with Gasteiger partial charge in [0.15, 0.2) is 0 Å². The summed E-state index contributed by atoms with van der Waals surface area (Å²) in [4.78, 5) is 0.335. The smallest absolute Gasteiger partial charge is 0.242 e. The zero-order chi connectivity index (χ0) is 11.8. The second-order valence-electron chi connectivity index (χ2n) is 4.15. The zero-order valence-corrected chi connectivity index (χ0v) is 10.3. The van der Waals surface area contributed by atoms with E-state index >= 15 is 0 Å². The van der Waals surface area contributed by atoms with E-state index in [4.69, 9.17) is 0 Å². The lowest BCUT2D eigenvalue weighted by molar-refractivity contribution is 0.581. The Hall–Kier alpha value is -1.07. The molecule has 1 fully saturated rings. The van der Waals surface area contributed by atoms with Crippen LogP contribution < -0.4 is 10.0 Å². The molecule has 1 aromatic rings. The van der Waals surface area contributed by atoms with Crippen LogP contribution in [0.25, 0.3) is 0 Å². The zero-order valence-electron chi connectivity index (χ0n) is 9.45. The summed E-state index contributed by atoms with van der Waals surface area (Å²) in [5.74, 6) is 0. The van der Waals surface area contributed by atoms with Crippen molar-refractivity contribution in [1.82, 2.24) is 4.72 Å². The average Bonchev–Trinajstić information content (AvgIpc) is 3.01. The van der Waals surface area contributed by atoms with Crippen LogP contribution in [0.15, 0.2) is 23.1 Å². The van der Waals surface area contributed by atoms with Crippen LogP contribution in [0, 0.1) is 6.92 Å². The number of rotatable bonds is 4. The van der Waals surface area contributed by atoms with Gasteiger partial charge in [-0.1, -0.05) is 6.07 Å². The molecule has 88 valence electrons. The van der Waals surface area contributed by atoms with Crippen LogP contribution in [0.2, 0.25) is 0 Å². The van der Waals surface area contributed by atoms with Crippen molar-refractivity contribution < 1.29 is 8.42 Å². The molecule has 2 N–H and O–H groups in total. The molecule has 4 nitrogen and oxygen atoms in total. The monoisotopic (exact) mass is 240 g/mol. The fourth-order valence-corrected chi connectivity index (χ4v) is 3.14. The highest BCUT2D eigenvalue weighted by molar-refractivity contribution is 7.89. The maximum absolute atomic E-state index is 12.1. The van der Waals surface area contributed by atoms with Crippen LogP contribution in [-0.2, 0) is 10.0 Å². The second kappa shape index (κ2) is 4.07. The number of benzene rings is 1. The van der Waals surface area contributed by atoms with Crippen molar-refractivity contribution in [3.05, 3.63) is 23.8 Å². The third-order valence-corrected chi connectivity index (χ3v) is 4.16. The summed E-state index contributed by atoms with van der Waals surface area (Å²) < 4.78 is 26.8. The van der Waals surface area contributed by atoms with Gasteiger partial charge in [0.1, 0.15) is 4.90 Å². The van der Waals surface area contributed by atoms with Gasteiger partial charge in [-0.05, 0) is 37.5 Å². The maximum atomic E-state index is 12.1. The highest BCUT2D eigenvalue weighted by atomic mass is 32.2. The second-order valence-corrected chi connectivity index (χ2v) is 5.83. The Morgan fingerprint density at radius 1 is 1.31 bits per heavy atom. The first-order valence-corrected chi connectivity index (χ1v) is 6.82. The van der Waals surface area contributed by atoms with Gasteiger partial charge in [0.25, 0.3) is 0 Å². The molecule has 1 saturated carbocycles. The summed E-state index contributed by atoms with van der Waals surface area (Å²) in [5, 5.41) is 2.90. The molecule has 1 aliphatic rings.